The first-order valence-corrected chi connectivity index (χ1v) is 7.00. The topological polar surface area (TPSA) is 28.2 Å². The molecule has 0 radical (unpaired) electrons. The van der Waals surface area contributed by atoms with Crippen molar-refractivity contribution in [2.75, 3.05) is 19.6 Å². The summed E-state index contributed by atoms with van der Waals surface area (Å²) in [5.41, 5.74) is 1.94. The molecule has 3 heterocycles. The second-order valence-corrected chi connectivity index (χ2v) is 6.02. The number of rotatable bonds is 2. The van der Waals surface area contributed by atoms with Gasteiger partial charge in [0, 0.05) is 29.7 Å². The second kappa shape index (κ2) is 4.09. The number of fused-ring (bicyclic) bond motifs is 1. The Balaban J connectivity index is 1.77. The molecule has 4 heteroatoms. The second-order valence-electron chi connectivity index (χ2n) is 5.10. The summed E-state index contributed by atoms with van der Waals surface area (Å²) in [4.78, 5) is 8.25. The minimum atomic E-state index is 0.535. The number of likely N-dealkylation sites (tertiary alicyclic amines) is 1. The van der Waals surface area contributed by atoms with E-state index in [1.54, 1.807) is 11.3 Å². The van der Waals surface area contributed by atoms with Crippen LogP contribution in [0.4, 0.5) is 0 Å². The van der Waals surface area contributed by atoms with E-state index >= 15 is 0 Å². The molecular weight excluding hydrogens is 218 g/mol. The smallest absolute Gasteiger partial charge is 0.0794 e. The van der Waals surface area contributed by atoms with E-state index < -0.39 is 0 Å². The molecule has 0 bridgehead atoms. The zero-order chi connectivity index (χ0) is 11.1. The molecule has 2 saturated heterocycles. The average molecular weight is 237 g/mol. The zero-order valence-corrected chi connectivity index (χ0v) is 10.7. The van der Waals surface area contributed by atoms with E-state index in [9.17, 15) is 0 Å². The minimum Gasteiger partial charge on any atom is -0.316 e. The summed E-state index contributed by atoms with van der Waals surface area (Å²) in [6.07, 6.45) is 2.02. The minimum absolute atomic E-state index is 0.535. The van der Waals surface area contributed by atoms with E-state index in [-0.39, 0.29) is 0 Å². The summed E-state index contributed by atoms with van der Waals surface area (Å²) in [6.45, 7) is 8.37. The van der Waals surface area contributed by atoms with Crippen molar-refractivity contribution in [3.8, 4) is 0 Å². The van der Waals surface area contributed by atoms with Gasteiger partial charge in [-0.25, -0.2) is 0 Å². The highest BCUT2D eigenvalue weighted by Gasteiger charge is 2.43. The zero-order valence-electron chi connectivity index (χ0n) is 9.89. The Kier molecular flexibility index (Phi) is 2.73. The van der Waals surface area contributed by atoms with E-state index in [0.29, 0.717) is 12.1 Å². The van der Waals surface area contributed by atoms with Crippen molar-refractivity contribution < 1.29 is 0 Å². The van der Waals surface area contributed by atoms with Crippen molar-refractivity contribution in [2.24, 2.45) is 11.8 Å². The lowest BCUT2D eigenvalue weighted by molar-refractivity contribution is 0.184. The van der Waals surface area contributed by atoms with Crippen LogP contribution in [0, 0.1) is 11.8 Å². The molecule has 16 heavy (non-hydrogen) atoms. The first-order chi connectivity index (χ1) is 7.77. The molecule has 3 rings (SSSR count). The summed E-state index contributed by atoms with van der Waals surface area (Å²) >= 11 is 1.78. The van der Waals surface area contributed by atoms with Crippen LogP contribution in [-0.4, -0.2) is 35.6 Å². The Morgan fingerprint density at radius 2 is 2.44 bits per heavy atom. The highest BCUT2D eigenvalue weighted by atomic mass is 32.1. The molecule has 1 aromatic heterocycles. The predicted octanol–water partition coefficient (Wildman–Crippen LogP) is 1.74. The number of aromatic nitrogens is 1. The Labute approximate surface area is 101 Å². The third-order valence-corrected chi connectivity index (χ3v) is 5.29. The summed E-state index contributed by atoms with van der Waals surface area (Å²) in [6, 6.07) is 1.24. The quantitative estimate of drug-likeness (QED) is 0.849. The van der Waals surface area contributed by atoms with Gasteiger partial charge >= 0.3 is 0 Å². The summed E-state index contributed by atoms with van der Waals surface area (Å²) in [5, 5.41) is 3.51. The van der Waals surface area contributed by atoms with Gasteiger partial charge in [0.1, 0.15) is 0 Å². The highest BCUT2D eigenvalue weighted by molar-refractivity contribution is 7.09. The fraction of sp³-hybridized carbons (Fsp3) is 0.750. The molecule has 0 aromatic carbocycles. The van der Waals surface area contributed by atoms with Crippen molar-refractivity contribution >= 4 is 11.3 Å². The van der Waals surface area contributed by atoms with E-state index in [1.165, 1.54) is 24.5 Å². The Hall–Kier alpha value is -0.450. The van der Waals surface area contributed by atoms with Gasteiger partial charge < -0.3 is 5.32 Å². The van der Waals surface area contributed by atoms with Gasteiger partial charge in [0.05, 0.1) is 5.51 Å². The summed E-state index contributed by atoms with van der Waals surface area (Å²) < 4.78 is 0. The van der Waals surface area contributed by atoms with Gasteiger partial charge in [0.2, 0.25) is 0 Å². The van der Waals surface area contributed by atoms with Gasteiger partial charge in [-0.2, -0.15) is 0 Å². The molecule has 0 spiro atoms. The number of thiazole rings is 1. The van der Waals surface area contributed by atoms with Crippen LogP contribution < -0.4 is 5.32 Å². The lowest BCUT2D eigenvalue weighted by Gasteiger charge is -2.29. The first-order valence-electron chi connectivity index (χ1n) is 6.12. The van der Waals surface area contributed by atoms with E-state index in [2.05, 4.69) is 29.0 Å². The molecule has 4 atom stereocenters. The molecule has 0 amide bonds. The Bertz CT molecular complexity index is 351. The summed E-state index contributed by atoms with van der Waals surface area (Å²) in [7, 11) is 0. The molecular formula is C12H19N3S. The van der Waals surface area contributed by atoms with Gasteiger partial charge in [0.25, 0.3) is 0 Å². The van der Waals surface area contributed by atoms with Crippen LogP contribution in [0.5, 0.6) is 0 Å². The fourth-order valence-corrected chi connectivity index (χ4v) is 4.00. The van der Waals surface area contributed by atoms with Crippen molar-refractivity contribution in [1.82, 2.24) is 15.2 Å². The lowest BCUT2D eigenvalue weighted by atomic mass is 9.95. The van der Waals surface area contributed by atoms with Crippen LogP contribution in [0.2, 0.25) is 0 Å². The predicted molar refractivity (Wildman–Crippen MR) is 66.5 cm³/mol. The van der Waals surface area contributed by atoms with Gasteiger partial charge in [-0.05, 0) is 38.8 Å². The molecule has 3 nitrogen and oxygen atoms in total. The average Bonchev–Trinajstić information content (AvgIpc) is 2.95. The van der Waals surface area contributed by atoms with Crippen LogP contribution in [0.15, 0.2) is 11.7 Å². The maximum absolute atomic E-state index is 4.19. The van der Waals surface area contributed by atoms with Crippen LogP contribution >= 0.6 is 11.3 Å². The Morgan fingerprint density at radius 3 is 3.12 bits per heavy atom. The van der Waals surface area contributed by atoms with E-state index in [1.807, 2.05) is 11.7 Å². The molecule has 2 aliphatic rings. The maximum Gasteiger partial charge on any atom is 0.0794 e. The largest absolute Gasteiger partial charge is 0.316 e. The normalized spacial score (nSPS) is 36.5. The summed E-state index contributed by atoms with van der Waals surface area (Å²) in [5.74, 6) is 1.72. The first kappa shape index (κ1) is 10.7. The van der Waals surface area contributed by atoms with Gasteiger partial charge in [0.15, 0.2) is 0 Å². The van der Waals surface area contributed by atoms with Crippen LogP contribution in [-0.2, 0) is 0 Å². The van der Waals surface area contributed by atoms with E-state index in [4.69, 9.17) is 0 Å². The van der Waals surface area contributed by atoms with Gasteiger partial charge in [-0.1, -0.05) is 0 Å². The molecule has 4 unspecified atom stereocenters. The van der Waals surface area contributed by atoms with Crippen LogP contribution in [0.1, 0.15) is 24.8 Å². The molecule has 88 valence electrons. The third kappa shape index (κ3) is 1.60. The lowest BCUT2D eigenvalue weighted by Crippen LogP contribution is -2.34. The maximum atomic E-state index is 4.19. The van der Waals surface area contributed by atoms with Crippen LogP contribution in [0.3, 0.4) is 0 Å². The molecule has 0 aliphatic carbocycles. The molecule has 0 saturated carbocycles. The molecule has 2 fully saturated rings. The van der Waals surface area contributed by atoms with Crippen molar-refractivity contribution in [3.05, 3.63) is 16.6 Å². The van der Waals surface area contributed by atoms with Gasteiger partial charge in [-0.3, -0.25) is 9.88 Å². The third-order valence-electron chi connectivity index (χ3n) is 4.34. The number of hydrogen-bond acceptors (Lipinski definition) is 4. The van der Waals surface area contributed by atoms with Crippen molar-refractivity contribution in [1.29, 1.82) is 0 Å². The standard InChI is InChI=1S/C12H19N3S/c1-8-11-4-13-3-10(11)6-15(8)9(2)12-5-14-7-16-12/h5,7-11,13H,3-4,6H2,1-2H3. The monoisotopic (exact) mass is 237 g/mol. The molecule has 1 N–H and O–H groups in total. The molecule has 2 aliphatic heterocycles. The Morgan fingerprint density at radius 1 is 1.56 bits per heavy atom. The SMILES string of the molecule is CC(c1cncs1)N1CC2CNCC2C1C. The van der Waals surface area contributed by atoms with Crippen LogP contribution in [0.25, 0.3) is 0 Å². The number of nitrogens with one attached hydrogen (secondary N) is 1. The molecule has 1 aromatic rings. The number of nitrogens with zero attached hydrogens (tertiary/aromatic N) is 2. The van der Waals surface area contributed by atoms with Crippen molar-refractivity contribution in [3.63, 3.8) is 0 Å². The van der Waals surface area contributed by atoms with Gasteiger partial charge in [-0.15, -0.1) is 11.3 Å². The fourth-order valence-electron chi connectivity index (χ4n) is 3.31. The highest BCUT2D eigenvalue weighted by Crippen LogP contribution is 2.38. The van der Waals surface area contributed by atoms with Crippen molar-refractivity contribution in [2.45, 2.75) is 25.9 Å². The van der Waals surface area contributed by atoms with E-state index in [0.717, 1.165) is 11.8 Å². The number of hydrogen-bond donors (Lipinski definition) is 1.